The minimum atomic E-state index is -4.64. The molecule has 5 heteroatoms. The highest BCUT2D eigenvalue weighted by atomic mass is 19.4. The maximum atomic E-state index is 12.4. The molecule has 1 N–H and O–H groups in total. The van der Waals surface area contributed by atoms with Gasteiger partial charge >= 0.3 is 6.18 Å². The minimum absolute atomic E-state index is 0.115. The van der Waals surface area contributed by atoms with Crippen LogP contribution in [0.2, 0.25) is 0 Å². The lowest BCUT2D eigenvalue weighted by Crippen LogP contribution is -2.21. The van der Waals surface area contributed by atoms with Gasteiger partial charge < -0.3 is 9.84 Å². The Bertz CT molecular complexity index is 361. The number of methoxy groups -OCH3 is 1. The summed E-state index contributed by atoms with van der Waals surface area (Å²) in [5.41, 5.74) is 0.319. The molecule has 1 rings (SSSR count). The second kappa shape index (κ2) is 4.74. The van der Waals surface area contributed by atoms with Crippen LogP contribution in [0.4, 0.5) is 13.2 Å². The summed E-state index contributed by atoms with van der Waals surface area (Å²) in [5, 5.41) is 9.17. The van der Waals surface area contributed by atoms with E-state index in [2.05, 4.69) is 0 Å². The van der Waals surface area contributed by atoms with Crippen molar-refractivity contribution in [2.75, 3.05) is 7.11 Å². The third kappa shape index (κ3) is 2.66. The van der Waals surface area contributed by atoms with Crippen LogP contribution in [0.15, 0.2) is 18.2 Å². The Balaban J connectivity index is 3.14. The summed E-state index contributed by atoms with van der Waals surface area (Å²) < 4.78 is 42.0. The summed E-state index contributed by atoms with van der Waals surface area (Å²) in [6.45, 7) is 1.72. The van der Waals surface area contributed by atoms with Crippen molar-refractivity contribution in [2.24, 2.45) is 0 Å². The number of halogens is 3. The zero-order valence-corrected chi connectivity index (χ0v) is 9.01. The molecule has 0 aliphatic carbocycles. The molecule has 2 nitrogen and oxygen atoms in total. The van der Waals surface area contributed by atoms with Crippen molar-refractivity contribution in [1.29, 1.82) is 0 Å². The number of aliphatic hydroxyl groups excluding tert-OH is 1. The first-order valence-electron chi connectivity index (χ1n) is 4.81. The number of aliphatic hydroxyl groups is 1. The molecule has 16 heavy (non-hydrogen) atoms. The molecule has 0 fully saturated rings. The van der Waals surface area contributed by atoms with Crippen molar-refractivity contribution >= 4 is 0 Å². The van der Waals surface area contributed by atoms with Crippen LogP contribution in [0.1, 0.15) is 24.2 Å². The van der Waals surface area contributed by atoms with Crippen LogP contribution >= 0.6 is 0 Å². The van der Waals surface area contributed by atoms with Crippen LogP contribution in [0.25, 0.3) is 0 Å². The number of hydrogen-bond donors (Lipinski definition) is 1. The fourth-order valence-electron chi connectivity index (χ4n) is 1.46. The van der Waals surface area contributed by atoms with Gasteiger partial charge in [-0.1, -0.05) is 13.0 Å². The standard InChI is InChI=1S/C11H13F3O2/c1-3-7-6-8(16-2)4-5-9(7)10(15)11(12,13)14/h4-6,10,15H,3H2,1-2H3. The quantitative estimate of drug-likeness (QED) is 0.871. The monoisotopic (exact) mass is 234 g/mol. The van der Waals surface area contributed by atoms with Gasteiger partial charge in [0.2, 0.25) is 0 Å². The topological polar surface area (TPSA) is 29.5 Å². The van der Waals surface area contributed by atoms with Gasteiger partial charge in [0, 0.05) is 0 Å². The smallest absolute Gasteiger partial charge is 0.418 e. The van der Waals surface area contributed by atoms with E-state index < -0.39 is 12.3 Å². The number of rotatable bonds is 3. The van der Waals surface area contributed by atoms with Crippen molar-refractivity contribution in [3.63, 3.8) is 0 Å². The Morgan fingerprint density at radius 1 is 1.38 bits per heavy atom. The lowest BCUT2D eigenvalue weighted by atomic mass is 10.00. The molecular formula is C11H13F3O2. The summed E-state index contributed by atoms with van der Waals surface area (Å²) in [6.07, 6.45) is -6.67. The summed E-state index contributed by atoms with van der Waals surface area (Å²) >= 11 is 0. The molecule has 0 aliphatic heterocycles. The highest BCUT2D eigenvalue weighted by Crippen LogP contribution is 2.35. The van der Waals surface area contributed by atoms with Gasteiger partial charge in [0.15, 0.2) is 6.10 Å². The molecular weight excluding hydrogens is 221 g/mol. The van der Waals surface area contributed by atoms with E-state index in [1.54, 1.807) is 6.92 Å². The molecule has 0 aromatic heterocycles. The summed E-state index contributed by atoms with van der Waals surface area (Å²) in [6, 6.07) is 4.16. The van der Waals surface area contributed by atoms with Gasteiger partial charge in [-0.25, -0.2) is 0 Å². The van der Waals surface area contributed by atoms with Crippen LogP contribution in [0, 0.1) is 0 Å². The first-order valence-corrected chi connectivity index (χ1v) is 4.81. The zero-order chi connectivity index (χ0) is 12.3. The lowest BCUT2D eigenvalue weighted by molar-refractivity contribution is -0.207. The van der Waals surface area contributed by atoms with E-state index in [1.807, 2.05) is 0 Å². The number of alkyl halides is 3. The third-order valence-corrected chi connectivity index (χ3v) is 2.34. The molecule has 0 aliphatic rings. The fraction of sp³-hybridized carbons (Fsp3) is 0.455. The first-order chi connectivity index (χ1) is 7.40. The lowest BCUT2D eigenvalue weighted by Gasteiger charge is -2.18. The van der Waals surface area contributed by atoms with Crippen molar-refractivity contribution in [2.45, 2.75) is 25.6 Å². The molecule has 0 radical (unpaired) electrons. The molecule has 90 valence electrons. The molecule has 0 saturated heterocycles. The van der Waals surface area contributed by atoms with Crippen LogP contribution in [0.5, 0.6) is 5.75 Å². The van der Waals surface area contributed by atoms with Gasteiger partial charge in [-0.2, -0.15) is 13.2 Å². The van der Waals surface area contributed by atoms with E-state index in [0.717, 1.165) is 0 Å². The van der Waals surface area contributed by atoms with Crippen molar-refractivity contribution in [1.82, 2.24) is 0 Å². The first kappa shape index (κ1) is 12.8. The summed E-state index contributed by atoms with van der Waals surface area (Å²) in [7, 11) is 1.44. The van der Waals surface area contributed by atoms with Crippen LogP contribution < -0.4 is 4.74 Å². The Labute approximate surface area is 91.7 Å². The van der Waals surface area contributed by atoms with Crippen molar-refractivity contribution < 1.29 is 23.0 Å². The van der Waals surface area contributed by atoms with Gasteiger partial charge in [0.05, 0.1) is 7.11 Å². The zero-order valence-electron chi connectivity index (χ0n) is 9.01. The average Bonchev–Trinajstić information content (AvgIpc) is 2.26. The van der Waals surface area contributed by atoms with E-state index in [0.29, 0.717) is 17.7 Å². The van der Waals surface area contributed by atoms with Gasteiger partial charge in [0.1, 0.15) is 5.75 Å². The highest BCUT2D eigenvalue weighted by molar-refractivity contribution is 5.37. The van der Waals surface area contributed by atoms with E-state index >= 15 is 0 Å². The van der Waals surface area contributed by atoms with E-state index in [1.165, 1.54) is 25.3 Å². The maximum absolute atomic E-state index is 12.4. The third-order valence-electron chi connectivity index (χ3n) is 2.34. The van der Waals surface area contributed by atoms with Crippen LogP contribution in [-0.2, 0) is 6.42 Å². The Morgan fingerprint density at radius 3 is 2.44 bits per heavy atom. The minimum Gasteiger partial charge on any atom is -0.497 e. The SMILES string of the molecule is CCc1cc(OC)ccc1C(O)C(F)(F)F. The summed E-state index contributed by atoms with van der Waals surface area (Å²) in [5.74, 6) is 0.481. The fourth-order valence-corrected chi connectivity index (χ4v) is 1.46. The van der Waals surface area contributed by atoms with E-state index in [-0.39, 0.29) is 5.56 Å². The summed E-state index contributed by atoms with van der Waals surface area (Å²) in [4.78, 5) is 0. The van der Waals surface area contributed by atoms with Gasteiger partial charge in [-0.15, -0.1) is 0 Å². The predicted molar refractivity (Wildman–Crippen MR) is 53.4 cm³/mol. The number of benzene rings is 1. The Hall–Kier alpha value is -1.23. The van der Waals surface area contributed by atoms with Crippen molar-refractivity contribution in [3.05, 3.63) is 29.3 Å². The van der Waals surface area contributed by atoms with E-state index in [4.69, 9.17) is 9.84 Å². The molecule has 1 aromatic rings. The second-order valence-corrected chi connectivity index (χ2v) is 3.36. The van der Waals surface area contributed by atoms with Gasteiger partial charge in [0.25, 0.3) is 0 Å². The molecule has 0 heterocycles. The molecule has 0 bridgehead atoms. The highest BCUT2D eigenvalue weighted by Gasteiger charge is 2.40. The molecule has 0 amide bonds. The molecule has 0 spiro atoms. The van der Waals surface area contributed by atoms with E-state index in [9.17, 15) is 13.2 Å². The van der Waals surface area contributed by atoms with Crippen molar-refractivity contribution in [3.8, 4) is 5.75 Å². The van der Waals surface area contributed by atoms with Crippen LogP contribution in [-0.4, -0.2) is 18.4 Å². The average molecular weight is 234 g/mol. The second-order valence-electron chi connectivity index (χ2n) is 3.36. The largest absolute Gasteiger partial charge is 0.497 e. The molecule has 1 unspecified atom stereocenters. The van der Waals surface area contributed by atoms with Gasteiger partial charge in [-0.05, 0) is 29.7 Å². The van der Waals surface area contributed by atoms with Gasteiger partial charge in [-0.3, -0.25) is 0 Å². The number of aryl methyl sites for hydroxylation is 1. The number of hydrogen-bond acceptors (Lipinski definition) is 2. The molecule has 1 aromatic carbocycles. The predicted octanol–water partition coefficient (Wildman–Crippen LogP) is 2.85. The maximum Gasteiger partial charge on any atom is 0.418 e. The normalized spacial score (nSPS) is 13.6. The number of ether oxygens (including phenoxy) is 1. The Kier molecular flexibility index (Phi) is 3.80. The van der Waals surface area contributed by atoms with Crippen LogP contribution in [0.3, 0.4) is 0 Å². The molecule has 1 atom stereocenters. The Morgan fingerprint density at radius 2 is 2.00 bits per heavy atom. The molecule has 0 saturated carbocycles.